The molecule has 1 fully saturated rings. The monoisotopic (exact) mass is 186 g/mol. The van der Waals surface area contributed by atoms with Crippen molar-refractivity contribution < 1.29 is 14.3 Å². The lowest BCUT2D eigenvalue weighted by Gasteiger charge is -2.25. The van der Waals surface area contributed by atoms with Gasteiger partial charge >= 0.3 is 5.97 Å². The molecule has 5 nitrogen and oxygen atoms in total. The van der Waals surface area contributed by atoms with Crippen LogP contribution in [0.25, 0.3) is 0 Å². The van der Waals surface area contributed by atoms with Gasteiger partial charge in [-0.2, -0.15) is 0 Å². The normalized spacial score (nSPS) is 16.3. The van der Waals surface area contributed by atoms with Crippen LogP contribution < -0.4 is 11.1 Å². The van der Waals surface area contributed by atoms with E-state index in [0.717, 1.165) is 19.3 Å². The molecule has 3 N–H and O–H groups in total. The van der Waals surface area contributed by atoms with Gasteiger partial charge in [0.2, 0.25) is 5.91 Å². The van der Waals surface area contributed by atoms with Gasteiger partial charge in [-0.1, -0.05) is 0 Å². The number of amides is 1. The Bertz CT molecular complexity index is 202. The third-order valence-electron chi connectivity index (χ3n) is 1.92. The molecule has 0 spiro atoms. The van der Waals surface area contributed by atoms with Crippen molar-refractivity contribution in [2.75, 3.05) is 13.1 Å². The zero-order valence-electron chi connectivity index (χ0n) is 7.41. The molecule has 13 heavy (non-hydrogen) atoms. The minimum absolute atomic E-state index is 0.0137. The molecule has 1 amide bonds. The van der Waals surface area contributed by atoms with Crippen LogP contribution in [0.1, 0.15) is 19.3 Å². The summed E-state index contributed by atoms with van der Waals surface area (Å²) in [4.78, 5) is 21.3. The van der Waals surface area contributed by atoms with Gasteiger partial charge in [0.05, 0.1) is 13.1 Å². The molecule has 0 aliphatic heterocycles. The zero-order chi connectivity index (χ0) is 9.68. The molecule has 1 rings (SSSR count). The number of nitrogens with two attached hydrogens (primary N) is 1. The summed E-state index contributed by atoms with van der Waals surface area (Å²) in [6.45, 7) is 0.0687. The van der Waals surface area contributed by atoms with Crippen LogP contribution in [0, 0.1) is 0 Å². The fourth-order valence-electron chi connectivity index (χ4n) is 1.00. The molecule has 0 saturated heterocycles. The van der Waals surface area contributed by atoms with E-state index in [1.807, 2.05) is 0 Å². The van der Waals surface area contributed by atoms with E-state index in [4.69, 9.17) is 10.5 Å². The first-order chi connectivity index (χ1) is 6.18. The van der Waals surface area contributed by atoms with Crippen LogP contribution in [0.15, 0.2) is 0 Å². The van der Waals surface area contributed by atoms with Gasteiger partial charge < -0.3 is 10.5 Å². The third kappa shape index (κ3) is 3.89. The Balaban J connectivity index is 2.00. The van der Waals surface area contributed by atoms with Crippen LogP contribution in [0.3, 0.4) is 0 Å². The highest BCUT2D eigenvalue weighted by atomic mass is 16.5. The molecule has 5 heteroatoms. The van der Waals surface area contributed by atoms with Crippen LogP contribution in [-0.2, 0) is 14.3 Å². The number of hydrogen-bond donors (Lipinski definition) is 2. The maximum atomic E-state index is 11.0. The molecule has 0 aromatic rings. The number of primary amides is 1. The Morgan fingerprint density at radius 2 is 2.08 bits per heavy atom. The van der Waals surface area contributed by atoms with E-state index >= 15 is 0 Å². The lowest BCUT2D eigenvalue weighted by Crippen LogP contribution is -2.35. The fourth-order valence-corrected chi connectivity index (χ4v) is 1.00. The van der Waals surface area contributed by atoms with Crippen molar-refractivity contribution >= 4 is 11.9 Å². The van der Waals surface area contributed by atoms with Crippen LogP contribution in [0.4, 0.5) is 0 Å². The first-order valence-electron chi connectivity index (χ1n) is 4.37. The number of ether oxygens (including phenoxy) is 1. The predicted molar refractivity (Wildman–Crippen MR) is 45.8 cm³/mol. The Morgan fingerprint density at radius 3 is 2.54 bits per heavy atom. The smallest absolute Gasteiger partial charge is 0.320 e. The van der Waals surface area contributed by atoms with E-state index in [-0.39, 0.29) is 25.2 Å². The molecular weight excluding hydrogens is 172 g/mol. The van der Waals surface area contributed by atoms with Crippen molar-refractivity contribution in [3.63, 3.8) is 0 Å². The predicted octanol–water partition coefficient (Wildman–Crippen LogP) is -0.843. The molecule has 1 aliphatic rings. The zero-order valence-corrected chi connectivity index (χ0v) is 7.41. The molecule has 0 unspecified atom stereocenters. The molecule has 0 aromatic heterocycles. The number of esters is 1. The first kappa shape index (κ1) is 9.98. The first-order valence-corrected chi connectivity index (χ1v) is 4.37. The Labute approximate surface area is 76.6 Å². The van der Waals surface area contributed by atoms with Crippen molar-refractivity contribution in [3.05, 3.63) is 0 Å². The fraction of sp³-hybridized carbons (Fsp3) is 0.750. The van der Waals surface area contributed by atoms with E-state index in [1.54, 1.807) is 0 Å². The summed E-state index contributed by atoms with van der Waals surface area (Å²) in [5, 5.41) is 2.59. The molecule has 1 saturated carbocycles. The molecule has 0 radical (unpaired) electrons. The lowest BCUT2D eigenvalue weighted by molar-refractivity contribution is -0.151. The number of nitrogens with one attached hydrogen (secondary N) is 1. The summed E-state index contributed by atoms with van der Waals surface area (Å²) in [5.74, 6) is -0.789. The number of carbonyl (C=O) groups is 2. The Hall–Kier alpha value is -1.10. The van der Waals surface area contributed by atoms with Crippen LogP contribution in [-0.4, -0.2) is 31.1 Å². The second-order valence-corrected chi connectivity index (χ2v) is 3.11. The van der Waals surface area contributed by atoms with Crippen molar-refractivity contribution in [1.29, 1.82) is 0 Å². The SMILES string of the molecule is NC(=O)CNCC(=O)OC1CCC1. The lowest BCUT2D eigenvalue weighted by atomic mass is 9.96. The van der Waals surface area contributed by atoms with Gasteiger partial charge in [-0.05, 0) is 19.3 Å². The highest BCUT2D eigenvalue weighted by molar-refractivity contribution is 5.77. The number of hydrogen-bond acceptors (Lipinski definition) is 4. The maximum absolute atomic E-state index is 11.0. The molecule has 0 aromatic carbocycles. The minimum Gasteiger partial charge on any atom is -0.461 e. The van der Waals surface area contributed by atoms with E-state index in [1.165, 1.54) is 0 Å². The van der Waals surface area contributed by atoms with Gasteiger partial charge in [0, 0.05) is 0 Å². The van der Waals surface area contributed by atoms with Gasteiger partial charge in [0.1, 0.15) is 6.10 Å². The minimum atomic E-state index is -0.476. The summed E-state index contributed by atoms with van der Waals surface area (Å²) >= 11 is 0. The Morgan fingerprint density at radius 1 is 1.38 bits per heavy atom. The summed E-state index contributed by atoms with van der Waals surface area (Å²) in [6, 6.07) is 0. The second-order valence-electron chi connectivity index (χ2n) is 3.11. The van der Waals surface area contributed by atoms with E-state index in [9.17, 15) is 9.59 Å². The van der Waals surface area contributed by atoms with E-state index < -0.39 is 5.91 Å². The van der Waals surface area contributed by atoms with Crippen molar-refractivity contribution in [1.82, 2.24) is 5.32 Å². The summed E-state index contributed by atoms with van der Waals surface area (Å²) in [7, 11) is 0. The highest BCUT2D eigenvalue weighted by Gasteiger charge is 2.21. The van der Waals surface area contributed by atoms with Crippen LogP contribution >= 0.6 is 0 Å². The summed E-state index contributed by atoms with van der Waals surface area (Å²) in [6.07, 6.45) is 3.15. The van der Waals surface area contributed by atoms with Crippen molar-refractivity contribution in [3.8, 4) is 0 Å². The molecule has 74 valence electrons. The summed E-state index contributed by atoms with van der Waals surface area (Å²) < 4.78 is 5.01. The van der Waals surface area contributed by atoms with Gasteiger partial charge in [0.15, 0.2) is 0 Å². The van der Waals surface area contributed by atoms with Gasteiger partial charge in [-0.15, -0.1) is 0 Å². The molecule has 0 atom stereocenters. The second kappa shape index (κ2) is 4.81. The molecular formula is C8H14N2O3. The van der Waals surface area contributed by atoms with Crippen molar-refractivity contribution in [2.24, 2.45) is 5.73 Å². The van der Waals surface area contributed by atoms with E-state index in [2.05, 4.69) is 5.32 Å². The average Bonchev–Trinajstić information content (AvgIpc) is 1.96. The largest absolute Gasteiger partial charge is 0.461 e. The standard InChI is InChI=1S/C8H14N2O3/c9-7(11)4-10-5-8(12)13-6-2-1-3-6/h6,10H,1-5H2,(H2,9,11). The van der Waals surface area contributed by atoms with Gasteiger partial charge in [-0.3, -0.25) is 14.9 Å². The van der Waals surface area contributed by atoms with Crippen LogP contribution in [0.5, 0.6) is 0 Å². The maximum Gasteiger partial charge on any atom is 0.320 e. The average molecular weight is 186 g/mol. The van der Waals surface area contributed by atoms with Gasteiger partial charge in [-0.25, -0.2) is 0 Å². The highest BCUT2D eigenvalue weighted by Crippen LogP contribution is 2.21. The van der Waals surface area contributed by atoms with Crippen LogP contribution in [0.2, 0.25) is 0 Å². The van der Waals surface area contributed by atoms with Gasteiger partial charge in [0.25, 0.3) is 0 Å². The summed E-state index contributed by atoms with van der Waals surface area (Å²) in [5.41, 5.74) is 4.86. The Kier molecular flexibility index (Phi) is 3.70. The molecule has 0 bridgehead atoms. The van der Waals surface area contributed by atoms with Crippen molar-refractivity contribution in [2.45, 2.75) is 25.4 Å². The topological polar surface area (TPSA) is 81.4 Å². The third-order valence-corrected chi connectivity index (χ3v) is 1.92. The number of carbonyl (C=O) groups excluding carboxylic acids is 2. The number of rotatable bonds is 5. The molecule has 0 heterocycles. The molecule has 1 aliphatic carbocycles. The quantitative estimate of drug-likeness (QED) is 0.548. The van der Waals surface area contributed by atoms with E-state index in [0.29, 0.717) is 0 Å².